The van der Waals surface area contributed by atoms with Crippen molar-refractivity contribution < 1.29 is 17.9 Å². The van der Waals surface area contributed by atoms with E-state index < -0.39 is 5.51 Å². The van der Waals surface area contributed by atoms with E-state index in [2.05, 4.69) is 16.5 Å². The highest BCUT2D eigenvalue weighted by Gasteiger charge is 2.28. The van der Waals surface area contributed by atoms with E-state index in [1.54, 1.807) is 12.1 Å². The van der Waals surface area contributed by atoms with Crippen LogP contribution in [-0.4, -0.2) is 15.5 Å². The zero-order chi connectivity index (χ0) is 16.2. The van der Waals surface area contributed by atoms with Gasteiger partial charge in [-0.25, -0.2) is 4.98 Å². The van der Waals surface area contributed by atoms with Gasteiger partial charge in [-0.1, -0.05) is 24.8 Å². The first-order valence-corrected chi connectivity index (χ1v) is 6.91. The molecule has 0 unspecified atom stereocenters. The number of nitrogens with two attached hydrogens (primary N) is 1. The lowest BCUT2D eigenvalue weighted by molar-refractivity contribution is -0.0328. The minimum atomic E-state index is -4.30. The maximum Gasteiger partial charge on any atom is 0.446 e. The molecule has 2 N–H and O–H groups in total. The number of hydrogen-bond donors (Lipinski definition) is 1. The lowest BCUT2D eigenvalue weighted by atomic mass is 10.2. The summed E-state index contributed by atoms with van der Waals surface area (Å²) in [6.45, 7) is 3.69. The van der Waals surface area contributed by atoms with Crippen LogP contribution in [0.2, 0.25) is 0 Å². The molecular weight excluding hydrogens is 315 g/mol. The Morgan fingerprint density at radius 2 is 1.95 bits per heavy atom. The van der Waals surface area contributed by atoms with Gasteiger partial charge < -0.3 is 10.5 Å². The van der Waals surface area contributed by atoms with Crippen molar-refractivity contribution in [3.8, 4) is 6.01 Å². The highest BCUT2D eigenvalue weighted by atomic mass is 32.2. The summed E-state index contributed by atoms with van der Waals surface area (Å²) in [6.07, 6.45) is 3.00. The van der Waals surface area contributed by atoms with Crippen molar-refractivity contribution in [3.63, 3.8) is 0 Å². The molecule has 0 bridgehead atoms. The predicted molar refractivity (Wildman–Crippen MR) is 79.2 cm³/mol. The summed E-state index contributed by atoms with van der Waals surface area (Å²) in [4.78, 5) is 8.02. The molecule has 4 nitrogen and oxygen atoms in total. The number of rotatable bonds is 5. The van der Waals surface area contributed by atoms with Crippen LogP contribution in [0, 0.1) is 0 Å². The van der Waals surface area contributed by atoms with Crippen molar-refractivity contribution in [1.82, 2.24) is 9.97 Å². The number of thioether (sulfide) groups is 1. The van der Waals surface area contributed by atoms with Gasteiger partial charge in [-0.3, -0.25) is 0 Å². The van der Waals surface area contributed by atoms with Crippen molar-refractivity contribution in [2.24, 2.45) is 0 Å². The largest absolute Gasteiger partial charge is 0.459 e. The average Bonchev–Trinajstić information content (AvgIpc) is 2.45. The summed E-state index contributed by atoms with van der Waals surface area (Å²) in [5.74, 6) is 0.247. The van der Waals surface area contributed by atoms with E-state index in [0.29, 0.717) is 11.1 Å². The van der Waals surface area contributed by atoms with Gasteiger partial charge in [0, 0.05) is 16.7 Å². The molecule has 0 radical (unpaired) electrons. The van der Waals surface area contributed by atoms with Gasteiger partial charge in [0.2, 0.25) is 0 Å². The van der Waals surface area contributed by atoms with Crippen LogP contribution >= 0.6 is 11.8 Å². The van der Waals surface area contributed by atoms with Gasteiger partial charge in [0.15, 0.2) is 0 Å². The highest BCUT2D eigenvalue weighted by molar-refractivity contribution is 8.00. The van der Waals surface area contributed by atoms with Crippen molar-refractivity contribution in [3.05, 3.63) is 48.2 Å². The van der Waals surface area contributed by atoms with E-state index in [4.69, 9.17) is 10.5 Å². The Balaban J connectivity index is 1.97. The van der Waals surface area contributed by atoms with Crippen LogP contribution in [0.15, 0.2) is 41.9 Å². The predicted octanol–water partition coefficient (Wildman–Crippen LogP) is 3.89. The first kappa shape index (κ1) is 16.2. The fourth-order valence-electron chi connectivity index (χ4n) is 1.55. The third-order valence-electron chi connectivity index (χ3n) is 2.57. The minimum absolute atomic E-state index is 0.0943. The van der Waals surface area contributed by atoms with Crippen molar-refractivity contribution in [2.45, 2.75) is 17.0 Å². The van der Waals surface area contributed by atoms with E-state index in [1.165, 1.54) is 24.4 Å². The molecule has 0 saturated carbocycles. The molecule has 0 amide bonds. The summed E-state index contributed by atoms with van der Waals surface area (Å²) >= 11 is -0.161. The number of benzene rings is 1. The van der Waals surface area contributed by atoms with E-state index in [1.807, 2.05) is 0 Å². The van der Waals surface area contributed by atoms with Crippen LogP contribution in [0.4, 0.5) is 19.0 Å². The van der Waals surface area contributed by atoms with Crippen LogP contribution in [0.25, 0.3) is 6.08 Å². The second-order valence-corrected chi connectivity index (χ2v) is 5.32. The zero-order valence-corrected chi connectivity index (χ0v) is 12.1. The number of halogens is 3. The lowest BCUT2D eigenvalue weighted by Crippen LogP contribution is -2.03. The average molecular weight is 327 g/mol. The number of hydrogen-bond acceptors (Lipinski definition) is 5. The summed E-state index contributed by atoms with van der Waals surface area (Å²) in [6, 6.07) is 5.96. The van der Waals surface area contributed by atoms with Crippen LogP contribution in [0.5, 0.6) is 6.01 Å². The van der Waals surface area contributed by atoms with Crippen LogP contribution in [-0.2, 0) is 6.61 Å². The molecule has 1 aromatic carbocycles. The monoisotopic (exact) mass is 327 g/mol. The number of alkyl halides is 3. The Hall–Kier alpha value is -2.22. The van der Waals surface area contributed by atoms with Gasteiger partial charge in [-0.2, -0.15) is 18.2 Å². The molecule has 0 spiro atoms. The summed E-state index contributed by atoms with van der Waals surface area (Å²) in [7, 11) is 0. The van der Waals surface area contributed by atoms with Crippen molar-refractivity contribution >= 4 is 23.7 Å². The fourth-order valence-corrected chi connectivity index (χ4v) is 2.09. The molecule has 1 aromatic heterocycles. The Morgan fingerprint density at radius 3 is 2.50 bits per heavy atom. The van der Waals surface area contributed by atoms with Crippen LogP contribution in [0.1, 0.15) is 11.1 Å². The third-order valence-corrected chi connectivity index (χ3v) is 3.31. The number of nitrogen functional groups attached to an aromatic ring is 1. The lowest BCUT2D eigenvalue weighted by Gasteiger charge is -2.08. The molecule has 0 saturated heterocycles. The van der Waals surface area contributed by atoms with E-state index in [9.17, 15) is 13.2 Å². The Labute approximate surface area is 129 Å². The molecule has 0 aliphatic heterocycles. The molecule has 0 fully saturated rings. The Kier molecular flexibility index (Phi) is 4.92. The molecule has 2 rings (SSSR count). The van der Waals surface area contributed by atoms with Gasteiger partial charge in [0.05, 0.1) is 0 Å². The molecule has 1 heterocycles. The molecule has 8 heteroatoms. The second kappa shape index (κ2) is 6.69. The molecule has 2 aromatic rings. The molecular formula is C14H12F3N3OS. The van der Waals surface area contributed by atoms with Gasteiger partial charge in [-0.05, 0) is 29.5 Å². The van der Waals surface area contributed by atoms with Gasteiger partial charge in [0.1, 0.15) is 12.4 Å². The Morgan fingerprint density at radius 1 is 1.27 bits per heavy atom. The third kappa shape index (κ3) is 4.66. The van der Waals surface area contributed by atoms with Crippen LogP contribution in [0.3, 0.4) is 0 Å². The number of anilines is 1. The smallest absolute Gasteiger partial charge is 0.446 e. The van der Waals surface area contributed by atoms with Crippen molar-refractivity contribution in [1.29, 1.82) is 0 Å². The quantitative estimate of drug-likeness (QED) is 0.844. The van der Waals surface area contributed by atoms with E-state index in [0.717, 1.165) is 0 Å². The topological polar surface area (TPSA) is 61.0 Å². The van der Waals surface area contributed by atoms with E-state index in [-0.39, 0.29) is 35.1 Å². The second-order valence-electron chi connectivity index (χ2n) is 4.18. The number of nitrogens with zero attached hydrogens (tertiary/aromatic N) is 2. The molecule has 0 aliphatic rings. The summed E-state index contributed by atoms with van der Waals surface area (Å²) in [5.41, 5.74) is 2.67. The molecule has 116 valence electrons. The number of ether oxygens (including phenoxy) is 1. The highest BCUT2D eigenvalue weighted by Crippen LogP contribution is 2.36. The first-order valence-electron chi connectivity index (χ1n) is 6.10. The minimum Gasteiger partial charge on any atom is -0.459 e. The standard InChI is InChI=1S/C14H12F3N3OS/c1-2-10-7-19-13(20-12(10)18)21-8-9-3-5-11(6-4-9)22-14(15,16)17/h2-7H,1,8H2,(H2,18,19,20). The van der Waals surface area contributed by atoms with Gasteiger partial charge >= 0.3 is 11.5 Å². The molecule has 22 heavy (non-hydrogen) atoms. The normalized spacial score (nSPS) is 11.2. The van der Waals surface area contributed by atoms with Gasteiger partial charge in [-0.15, -0.1) is 0 Å². The number of aromatic nitrogens is 2. The van der Waals surface area contributed by atoms with E-state index >= 15 is 0 Å². The maximum absolute atomic E-state index is 12.2. The van der Waals surface area contributed by atoms with Gasteiger partial charge in [0.25, 0.3) is 0 Å². The SMILES string of the molecule is C=Cc1cnc(OCc2ccc(SC(F)(F)F)cc2)nc1N. The summed E-state index contributed by atoms with van der Waals surface area (Å²) < 4.78 is 42.0. The van der Waals surface area contributed by atoms with Crippen molar-refractivity contribution in [2.75, 3.05) is 5.73 Å². The zero-order valence-electron chi connectivity index (χ0n) is 11.3. The molecule has 0 atom stereocenters. The Bertz CT molecular complexity index is 659. The fraction of sp³-hybridized carbons (Fsp3) is 0.143. The molecule has 0 aliphatic carbocycles. The first-order chi connectivity index (χ1) is 10.4. The van der Waals surface area contributed by atoms with Crippen LogP contribution < -0.4 is 10.5 Å². The summed E-state index contributed by atoms with van der Waals surface area (Å²) in [5, 5.41) is 0. The maximum atomic E-state index is 12.2.